The molecule has 7 heteroatoms. The highest BCUT2D eigenvalue weighted by atomic mass is 35.5. The van der Waals surface area contributed by atoms with E-state index in [1.807, 2.05) is 31.2 Å². The summed E-state index contributed by atoms with van der Waals surface area (Å²) in [6, 6.07) is 14.0. The van der Waals surface area contributed by atoms with Crippen LogP contribution in [0.3, 0.4) is 0 Å². The van der Waals surface area contributed by atoms with Crippen LogP contribution < -0.4 is 14.8 Å². The maximum absolute atomic E-state index is 13.0. The van der Waals surface area contributed by atoms with E-state index in [1.54, 1.807) is 43.2 Å². The van der Waals surface area contributed by atoms with Gasteiger partial charge in [-0.3, -0.25) is 9.59 Å². The molecule has 2 rings (SSSR count). The Morgan fingerprint density at radius 3 is 2.55 bits per heavy atom. The monoisotopic (exact) mass is 446 g/mol. The van der Waals surface area contributed by atoms with Crippen LogP contribution >= 0.6 is 11.6 Å². The van der Waals surface area contributed by atoms with Crippen molar-refractivity contribution >= 4 is 23.4 Å². The highest BCUT2D eigenvalue weighted by molar-refractivity contribution is 6.30. The van der Waals surface area contributed by atoms with Crippen LogP contribution in [0.25, 0.3) is 0 Å². The lowest BCUT2D eigenvalue weighted by Crippen LogP contribution is -2.47. The van der Waals surface area contributed by atoms with Gasteiger partial charge in [-0.2, -0.15) is 0 Å². The minimum Gasteiger partial charge on any atom is -0.497 e. The van der Waals surface area contributed by atoms with Gasteiger partial charge >= 0.3 is 0 Å². The Morgan fingerprint density at radius 2 is 1.87 bits per heavy atom. The van der Waals surface area contributed by atoms with Gasteiger partial charge in [0.15, 0.2) is 0 Å². The van der Waals surface area contributed by atoms with Crippen molar-refractivity contribution in [1.29, 1.82) is 0 Å². The number of ether oxygens (including phenoxy) is 2. The molecule has 2 aromatic rings. The summed E-state index contributed by atoms with van der Waals surface area (Å²) in [5.74, 6) is 1.17. The second-order valence-corrected chi connectivity index (χ2v) is 7.68. The van der Waals surface area contributed by atoms with E-state index >= 15 is 0 Å². The third-order valence-electron chi connectivity index (χ3n) is 4.82. The van der Waals surface area contributed by atoms with E-state index in [-0.39, 0.29) is 18.2 Å². The number of nitrogens with one attached hydrogen (secondary N) is 1. The SMILES string of the molecule is CCCNC(=O)[C@@H](C)N(Cc1cccc(OC)c1)C(=O)CCCOc1ccc(Cl)cc1. The van der Waals surface area contributed by atoms with Gasteiger partial charge in [0, 0.05) is 24.5 Å². The number of carbonyl (C=O) groups excluding carboxylic acids is 2. The van der Waals surface area contributed by atoms with Gasteiger partial charge in [-0.05, 0) is 61.7 Å². The molecule has 0 aliphatic heterocycles. The number of hydrogen-bond acceptors (Lipinski definition) is 4. The molecular formula is C24H31ClN2O4. The highest BCUT2D eigenvalue weighted by Crippen LogP contribution is 2.18. The molecule has 0 fully saturated rings. The molecule has 0 saturated heterocycles. The lowest BCUT2D eigenvalue weighted by Gasteiger charge is -2.29. The van der Waals surface area contributed by atoms with E-state index in [4.69, 9.17) is 21.1 Å². The summed E-state index contributed by atoms with van der Waals surface area (Å²) < 4.78 is 11.0. The third-order valence-corrected chi connectivity index (χ3v) is 5.07. The van der Waals surface area contributed by atoms with Crippen LogP contribution in [0.5, 0.6) is 11.5 Å². The van der Waals surface area contributed by atoms with Crippen molar-refractivity contribution in [1.82, 2.24) is 10.2 Å². The quantitative estimate of drug-likeness (QED) is 0.489. The molecule has 31 heavy (non-hydrogen) atoms. The molecule has 0 unspecified atom stereocenters. The maximum atomic E-state index is 13.0. The van der Waals surface area contributed by atoms with E-state index in [2.05, 4.69) is 5.32 Å². The van der Waals surface area contributed by atoms with Crippen molar-refractivity contribution in [2.75, 3.05) is 20.3 Å². The molecule has 0 heterocycles. The molecule has 0 saturated carbocycles. The first-order valence-corrected chi connectivity index (χ1v) is 10.9. The normalized spacial score (nSPS) is 11.5. The number of nitrogens with zero attached hydrogens (tertiary/aromatic N) is 1. The second-order valence-electron chi connectivity index (χ2n) is 7.25. The summed E-state index contributed by atoms with van der Waals surface area (Å²) in [6.07, 6.45) is 1.66. The summed E-state index contributed by atoms with van der Waals surface area (Å²) in [7, 11) is 1.60. The van der Waals surface area contributed by atoms with Gasteiger partial charge in [-0.1, -0.05) is 30.7 Å². The van der Waals surface area contributed by atoms with Gasteiger partial charge in [0.25, 0.3) is 0 Å². The number of methoxy groups -OCH3 is 1. The number of rotatable bonds is 12. The van der Waals surface area contributed by atoms with E-state index in [9.17, 15) is 9.59 Å². The summed E-state index contributed by atoms with van der Waals surface area (Å²) in [4.78, 5) is 27.2. The van der Waals surface area contributed by atoms with Gasteiger partial charge in [0.1, 0.15) is 17.5 Å². The van der Waals surface area contributed by atoms with Gasteiger partial charge < -0.3 is 19.7 Å². The third kappa shape index (κ3) is 8.13. The summed E-state index contributed by atoms with van der Waals surface area (Å²) in [5.41, 5.74) is 0.903. The molecule has 1 atom stereocenters. The first-order chi connectivity index (χ1) is 14.9. The predicted octanol–water partition coefficient (Wildman–Crippen LogP) is 4.45. The summed E-state index contributed by atoms with van der Waals surface area (Å²) >= 11 is 5.88. The number of carbonyl (C=O) groups is 2. The number of amides is 2. The number of halogens is 1. The number of hydrogen-bond donors (Lipinski definition) is 1. The average Bonchev–Trinajstić information content (AvgIpc) is 2.79. The Morgan fingerprint density at radius 1 is 1.13 bits per heavy atom. The van der Waals surface area contributed by atoms with Crippen LogP contribution in [0.1, 0.15) is 38.7 Å². The standard InChI is InChI=1S/C24H31ClN2O4/c1-4-14-26-24(29)18(2)27(17-19-7-5-8-22(16-19)30-3)23(28)9-6-15-31-21-12-10-20(25)11-13-21/h5,7-8,10-13,16,18H,4,6,9,14-15,17H2,1-3H3,(H,26,29)/t18-/m1/s1. The molecule has 0 aliphatic rings. The molecule has 0 bridgehead atoms. The molecule has 6 nitrogen and oxygen atoms in total. The fourth-order valence-electron chi connectivity index (χ4n) is 3.03. The first-order valence-electron chi connectivity index (χ1n) is 10.5. The molecule has 168 valence electrons. The molecule has 0 aromatic heterocycles. The average molecular weight is 447 g/mol. The van der Waals surface area contributed by atoms with Crippen LogP contribution in [-0.2, 0) is 16.1 Å². The van der Waals surface area contributed by atoms with Crippen LogP contribution in [0.15, 0.2) is 48.5 Å². The Labute approximate surface area is 189 Å². The van der Waals surface area contributed by atoms with Gasteiger partial charge in [-0.25, -0.2) is 0 Å². The first kappa shape index (κ1) is 24.5. The largest absolute Gasteiger partial charge is 0.497 e. The van der Waals surface area contributed by atoms with Crippen molar-refractivity contribution in [2.24, 2.45) is 0 Å². The lowest BCUT2D eigenvalue weighted by atomic mass is 10.1. The lowest BCUT2D eigenvalue weighted by molar-refractivity contribution is -0.140. The molecule has 0 spiro atoms. The second kappa shape index (κ2) is 12.8. The summed E-state index contributed by atoms with van der Waals surface area (Å²) in [5, 5.41) is 3.52. The summed E-state index contributed by atoms with van der Waals surface area (Å²) in [6.45, 7) is 5.06. The Balaban J connectivity index is 2.00. The van der Waals surface area contributed by atoms with Gasteiger partial charge in [-0.15, -0.1) is 0 Å². The van der Waals surface area contributed by atoms with Gasteiger partial charge in [0.2, 0.25) is 11.8 Å². The Hall–Kier alpha value is -2.73. The number of benzene rings is 2. The molecule has 0 radical (unpaired) electrons. The van der Waals surface area contributed by atoms with Crippen LogP contribution in [0.4, 0.5) is 0 Å². The zero-order chi connectivity index (χ0) is 22.6. The fourth-order valence-corrected chi connectivity index (χ4v) is 3.16. The van der Waals surface area contributed by atoms with E-state index in [0.29, 0.717) is 42.6 Å². The Kier molecular flexibility index (Phi) is 10.2. The van der Waals surface area contributed by atoms with Crippen molar-refractivity contribution in [3.05, 3.63) is 59.1 Å². The zero-order valence-electron chi connectivity index (χ0n) is 18.4. The topological polar surface area (TPSA) is 67.9 Å². The van der Waals surface area contributed by atoms with E-state index in [0.717, 1.165) is 12.0 Å². The minimum absolute atomic E-state index is 0.0957. The van der Waals surface area contributed by atoms with Crippen molar-refractivity contribution < 1.29 is 19.1 Å². The fraction of sp³-hybridized carbons (Fsp3) is 0.417. The van der Waals surface area contributed by atoms with Crippen molar-refractivity contribution in [3.8, 4) is 11.5 Å². The van der Waals surface area contributed by atoms with Crippen molar-refractivity contribution in [3.63, 3.8) is 0 Å². The predicted molar refractivity (Wildman–Crippen MR) is 122 cm³/mol. The Bertz CT molecular complexity index is 842. The smallest absolute Gasteiger partial charge is 0.242 e. The molecular weight excluding hydrogens is 416 g/mol. The maximum Gasteiger partial charge on any atom is 0.242 e. The van der Waals surface area contributed by atoms with Gasteiger partial charge in [0.05, 0.1) is 13.7 Å². The van der Waals surface area contributed by atoms with Crippen LogP contribution in [0, 0.1) is 0 Å². The van der Waals surface area contributed by atoms with Crippen molar-refractivity contribution in [2.45, 2.75) is 45.7 Å². The highest BCUT2D eigenvalue weighted by Gasteiger charge is 2.25. The molecule has 2 amide bonds. The molecule has 0 aliphatic carbocycles. The molecule has 1 N–H and O–H groups in total. The minimum atomic E-state index is -0.581. The van der Waals surface area contributed by atoms with E-state index < -0.39 is 6.04 Å². The van der Waals surface area contributed by atoms with E-state index in [1.165, 1.54) is 0 Å². The molecule has 2 aromatic carbocycles. The van der Waals surface area contributed by atoms with Crippen LogP contribution in [0.2, 0.25) is 5.02 Å². The van der Waals surface area contributed by atoms with Crippen LogP contribution in [-0.4, -0.2) is 43.0 Å². The zero-order valence-corrected chi connectivity index (χ0v) is 19.2.